The molecular weight excluding hydrogens is 455 g/mol. The second-order valence-corrected chi connectivity index (χ2v) is 7.98. The van der Waals surface area contributed by atoms with Crippen LogP contribution in [0.15, 0.2) is 54.2 Å². The maximum atomic E-state index is 12.9. The largest absolute Gasteiger partial charge is 0.573 e. The fourth-order valence-electron chi connectivity index (χ4n) is 4.05. The number of benzene rings is 2. The summed E-state index contributed by atoms with van der Waals surface area (Å²) in [5, 5.41) is 10.4. The van der Waals surface area contributed by atoms with Crippen molar-refractivity contribution in [2.45, 2.75) is 6.36 Å². The Morgan fingerprint density at radius 1 is 1.09 bits per heavy atom. The lowest BCUT2D eigenvalue weighted by Gasteiger charge is -2.20. The summed E-state index contributed by atoms with van der Waals surface area (Å²) in [6.07, 6.45) is -2.99. The van der Waals surface area contributed by atoms with Crippen molar-refractivity contribution in [3.05, 3.63) is 59.8 Å². The first kappa shape index (κ1) is 21.7. The van der Waals surface area contributed by atoms with Gasteiger partial charge in [-0.1, -0.05) is 5.21 Å². The number of carbonyl (C=O) groups excluding carboxylic acids is 2. The molecule has 176 valence electrons. The first-order valence-electron chi connectivity index (χ1n) is 10.3. The van der Waals surface area contributed by atoms with Gasteiger partial charge in [-0.25, -0.2) is 0 Å². The Labute approximate surface area is 190 Å². The maximum Gasteiger partial charge on any atom is 0.573 e. The molecule has 1 N–H and O–H groups in total. The average molecular weight is 473 g/mol. The second-order valence-electron chi connectivity index (χ2n) is 7.98. The molecule has 1 aromatic heterocycles. The van der Waals surface area contributed by atoms with Crippen LogP contribution >= 0.6 is 0 Å². The van der Waals surface area contributed by atoms with Gasteiger partial charge in [-0.15, -0.1) is 18.3 Å². The van der Waals surface area contributed by atoms with Gasteiger partial charge in [0.25, 0.3) is 11.8 Å². The van der Waals surface area contributed by atoms with Crippen LogP contribution in [0.1, 0.15) is 10.4 Å². The summed E-state index contributed by atoms with van der Waals surface area (Å²) in [5.41, 5.74) is 2.84. The molecule has 2 aliphatic heterocycles. The lowest BCUT2D eigenvalue weighted by molar-refractivity contribution is -0.274. The van der Waals surface area contributed by atoms with E-state index in [0.717, 1.165) is 23.2 Å². The average Bonchev–Trinajstić information content (AvgIpc) is 3.51. The van der Waals surface area contributed by atoms with Crippen LogP contribution in [0.3, 0.4) is 0 Å². The van der Waals surface area contributed by atoms with E-state index in [2.05, 4.69) is 20.1 Å². The molecule has 2 aliphatic rings. The van der Waals surface area contributed by atoms with Crippen molar-refractivity contribution in [1.82, 2.24) is 25.2 Å². The molecule has 0 radical (unpaired) electrons. The molecule has 2 aromatic carbocycles. The van der Waals surface area contributed by atoms with E-state index in [1.807, 2.05) is 0 Å². The predicted molar refractivity (Wildman–Crippen MR) is 112 cm³/mol. The van der Waals surface area contributed by atoms with E-state index in [0.29, 0.717) is 30.7 Å². The fraction of sp³-hybridized carbons (Fsp3) is 0.273. The van der Waals surface area contributed by atoms with Crippen LogP contribution in [0.4, 0.5) is 13.2 Å². The third-order valence-electron chi connectivity index (χ3n) is 5.68. The molecular formula is C22H18F3N5O4. The smallest absolute Gasteiger partial charge is 0.484 e. The third kappa shape index (κ3) is 4.51. The number of H-pyrrole nitrogens is 1. The number of amides is 2. The number of hydrogen-bond acceptors (Lipinski definition) is 6. The Hall–Kier alpha value is -4.09. The monoisotopic (exact) mass is 473 g/mol. The highest BCUT2D eigenvalue weighted by atomic mass is 19.4. The van der Waals surface area contributed by atoms with Crippen LogP contribution < -0.4 is 9.47 Å². The minimum absolute atomic E-state index is 0.0440. The normalized spacial score (nSPS) is 17.6. The highest BCUT2D eigenvalue weighted by Gasteiger charge is 2.37. The van der Waals surface area contributed by atoms with E-state index in [9.17, 15) is 22.8 Å². The molecule has 5 rings (SSSR count). The van der Waals surface area contributed by atoms with Crippen LogP contribution in [0.2, 0.25) is 0 Å². The molecule has 0 spiro atoms. The van der Waals surface area contributed by atoms with Crippen molar-refractivity contribution >= 4 is 22.8 Å². The van der Waals surface area contributed by atoms with Crippen molar-refractivity contribution in [2.24, 2.45) is 5.92 Å². The molecule has 0 aliphatic carbocycles. The highest BCUT2D eigenvalue weighted by Crippen LogP contribution is 2.31. The Balaban J connectivity index is 1.15. The summed E-state index contributed by atoms with van der Waals surface area (Å²) in [6, 6.07) is 9.98. The molecule has 3 heterocycles. The van der Waals surface area contributed by atoms with Crippen LogP contribution in [-0.4, -0.2) is 69.6 Å². The van der Waals surface area contributed by atoms with Crippen LogP contribution in [0, 0.1) is 5.92 Å². The quantitative estimate of drug-likeness (QED) is 0.612. The van der Waals surface area contributed by atoms with Gasteiger partial charge in [0.15, 0.2) is 6.61 Å². The van der Waals surface area contributed by atoms with Gasteiger partial charge < -0.3 is 19.3 Å². The summed E-state index contributed by atoms with van der Waals surface area (Å²) in [4.78, 5) is 28.7. The minimum Gasteiger partial charge on any atom is -0.484 e. The van der Waals surface area contributed by atoms with Crippen molar-refractivity contribution < 1.29 is 32.2 Å². The molecule has 9 nitrogen and oxygen atoms in total. The molecule has 34 heavy (non-hydrogen) atoms. The van der Waals surface area contributed by atoms with Crippen molar-refractivity contribution in [1.29, 1.82) is 0 Å². The minimum atomic E-state index is -4.77. The number of fused-ring (bicyclic) bond motifs is 2. The molecule has 1 fully saturated rings. The molecule has 1 saturated heterocycles. The van der Waals surface area contributed by atoms with Gasteiger partial charge in [-0.3, -0.25) is 14.7 Å². The molecule has 0 saturated carbocycles. The number of aromatic amines is 1. The van der Waals surface area contributed by atoms with Crippen LogP contribution in [-0.2, 0) is 4.79 Å². The molecule has 3 aromatic rings. The predicted octanol–water partition coefficient (Wildman–Crippen LogP) is 2.73. The first-order valence-corrected chi connectivity index (χ1v) is 10.3. The Morgan fingerprint density at radius 3 is 2.59 bits per heavy atom. The third-order valence-corrected chi connectivity index (χ3v) is 5.68. The van der Waals surface area contributed by atoms with Crippen molar-refractivity contribution in [2.75, 3.05) is 26.2 Å². The van der Waals surface area contributed by atoms with E-state index in [4.69, 9.17) is 4.74 Å². The number of likely N-dealkylation sites (tertiary alicyclic amines) is 1. The number of nitrogens with one attached hydrogen (secondary N) is 1. The molecule has 0 unspecified atom stereocenters. The number of halogens is 3. The summed E-state index contributed by atoms with van der Waals surface area (Å²) in [5.74, 6) is -0.471. The van der Waals surface area contributed by atoms with Gasteiger partial charge in [0, 0.05) is 37.3 Å². The lowest BCUT2D eigenvalue weighted by atomic mass is 10.1. The number of rotatable bonds is 5. The Morgan fingerprint density at radius 2 is 1.85 bits per heavy atom. The Kier molecular flexibility index (Phi) is 5.34. The maximum absolute atomic E-state index is 12.9. The molecule has 0 bridgehead atoms. The van der Waals surface area contributed by atoms with Crippen molar-refractivity contribution in [3.8, 4) is 11.5 Å². The first-order chi connectivity index (χ1) is 16.2. The number of ether oxygens (including phenoxy) is 2. The number of carbonyl (C=O) groups is 2. The number of nitrogens with zero attached hydrogens (tertiary/aromatic N) is 4. The van der Waals surface area contributed by atoms with Gasteiger partial charge >= 0.3 is 6.36 Å². The molecule has 2 amide bonds. The van der Waals surface area contributed by atoms with E-state index in [1.54, 1.807) is 34.2 Å². The topological polar surface area (TPSA) is 101 Å². The summed E-state index contributed by atoms with van der Waals surface area (Å²) in [7, 11) is 0. The van der Waals surface area contributed by atoms with E-state index >= 15 is 0 Å². The molecule has 1 atom stereocenters. The highest BCUT2D eigenvalue weighted by molar-refractivity contribution is 5.98. The van der Waals surface area contributed by atoms with Gasteiger partial charge in [0.05, 0.1) is 5.52 Å². The van der Waals surface area contributed by atoms with Crippen LogP contribution in [0.5, 0.6) is 11.5 Å². The lowest BCUT2D eigenvalue weighted by Crippen LogP contribution is -2.35. The van der Waals surface area contributed by atoms with Gasteiger partial charge in [0.1, 0.15) is 17.0 Å². The van der Waals surface area contributed by atoms with Crippen molar-refractivity contribution in [3.63, 3.8) is 0 Å². The SMILES string of the molecule is O=C(c1ccc2[nH]nnc2c1)N1C=C2CN(C(=O)COc3ccc(OC(F)(F)F)cc3)C[C@H]2C1. The zero-order chi connectivity index (χ0) is 23.9. The zero-order valence-corrected chi connectivity index (χ0v) is 17.6. The van der Waals surface area contributed by atoms with Crippen LogP contribution in [0.25, 0.3) is 11.0 Å². The standard InChI is InChI=1S/C22H18F3N5O4/c23-22(24,25)34-17-4-2-16(3-5-17)33-12-20(31)29-8-14-10-30(11-15(14)9-29)21(32)13-1-6-18-19(7-13)27-28-26-18/h1-7,10,15H,8-9,11-12H2,(H,26,27,28)/t15-/m0/s1. The second kappa shape index (κ2) is 8.36. The van der Waals surface area contributed by atoms with Gasteiger partial charge in [-0.2, -0.15) is 0 Å². The van der Waals surface area contributed by atoms with E-state index < -0.39 is 6.36 Å². The summed E-state index contributed by atoms with van der Waals surface area (Å²) in [6.45, 7) is 1.06. The number of hydrogen-bond donors (Lipinski definition) is 1. The fourth-order valence-corrected chi connectivity index (χ4v) is 4.05. The van der Waals surface area contributed by atoms with E-state index in [1.165, 1.54) is 12.1 Å². The summed E-state index contributed by atoms with van der Waals surface area (Å²) >= 11 is 0. The number of aromatic nitrogens is 3. The van der Waals surface area contributed by atoms with Gasteiger partial charge in [0.2, 0.25) is 0 Å². The Bertz CT molecular complexity index is 1270. The van der Waals surface area contributed by atoms with E-state index in [-0.39, 0.29) is 35.8 Å². The number of alkyl halides is 3. The summed E-state index contributed by atoms with van der Waals surface area (Å²) < 4.78 is 45.9. The van der Waals surface area contributed by atoms with Gasteiger partial charge in [-0.05, 0) is 48.0 Å². The zero-order valence-electron chi connectivity index (χ0n) is 17.6. The molecule has 12 heteroatoms.